The topological polar surface area (TPSA) is 97.0 Å². The normalized spacial score (nSPS) is 15.9. The molecule has 1 heterocycles. The number of halogens is 2. The monoisotopic (exact) mass is 448 g/mol. The Morgan fingerprint density at radius 3 is 2.61 bits per heavy atom. The number of ether oxygens (including phenoxy) is 1. The molecule has 0 spiro atoms. The van der Waals surface area contributed by atoms with Crippen molar-refractivity contribution in [1.82, 2.24) is 0 Å². The number of nitrogens with zero attached hydrogens (tertiary/aromatic N) is 2. The van der Waals surface area contributed by atoms with E-state index in [4.69, 9.17) is 10.5 Å². The fraction of sp³-hybridized carbons (Fsp3) is 0.211. The van der Waals surface area contributed by atoms with Crippen molar-refractivity contribution in [2.45, 2.75) is 19.4 Å². The molecule has 0 aromatic heterocycles. The Balaban J connectivity index is 1.89. The van der Waals surface area contributed by atoms with Crippen LogP contribution < -0.4 is 20.8 Å². The SMILES string of the molecule is COc1cc(Br)cc(C)c1NC(=O)C1=NN(c2ccc(F)cc2)C(C(N)=O)C1. The number of carbonyl (C=O) groups excluding carboxylic acids is 2. The van der Waals surface area contributed by atoms with Crippen LogP contribution in [0.5, 0.6) is 5.75 Å². The molecule has 1 aliphatic rings. The highest BCUT2D eigenvalue weighted by Gasteiger charge is 2.35. The van der Waals surface area contributed by atoms with Crippen LogP contribution in [0.2, 0.25) is 0 Å². The highest BCUT2D eigenvalue weighted by atomic mass is 79.9. The highest BCUT2D eigenvalue weighted by molar-refractivity contribution is 9.10. The second-order valence-corrected chi connectivity index (χ2v) is 7.16. The number of benzene rings is 2. The number of nitrogens with two attached hydrogens (primary N) is 1. The van der Waals surface area contributed by atoms with E-state index in [2.05, 4.69) is 26.3 Å². The summed E-state index contributed by atoms with van der Waals surface area (Å²) < 4.78 is 19.3. The lowest BCUT2D eigenvalue weighted by Crippen LogP contribution is -2.39. The van der Waals surface area contributed by atoms with Gasteiger partial charge in [0, 0.05) is 10.9 Å². The van der Waals surface area contributed by atoms with Gasteiger partial charge >= 0.3 is 0 Å². The van der Waals surface area contributed by atoms with Crippen LogP contribution in [0.25, 0.3) is 0 Å². The Hall–Kier alpha value is -2.94. The molecule has 146 valence electrons. The fourth-order valence-corrected chi connectivity index (χ4v) is 3.47. The van der Waals surface area contributed by atoms with Gasteiger partial charge in [0.1, 0.15) is 23.3 Å². The quantitative estimate of drug-likeness (QED) is 0.734. The van der Waals surface area contributed by atoms with E-state index in [1.807, 2.05) is 13.0 Å². The number of rotatable bonds is 5. The van der Waals surface area contributed by atoms with Gasteiger partial charge in [-0.3, -0.25) is 14.6 Å². The average molecular weight is 449 g/mol. The molecule has 7 nitrogen and oxygen atoms in total. The number of hydrogen-bond acceptors (Lipinski definition) is 5. The summed E-state index contributed by atoms with van der Waals surface area (Å²) in [4.78, 5) is 24.6. The smallest absolute Gasteiger partial charge is 0.272 e. The van der Waals surface area contributed by atoms with Crippen LogP contribution in [0.1, 0.15) is 12.0 Å². The minimum absolute atomic E-state index is 0.0381. The molecule has 2 aromatic rings. The number of amides is 2. The molecule has 0 fully saturated rings. The van der Waals surface area contributed by atoms with Gasteiger partial charge in [-0.05, 0) is 48.9 Å². The van der Waals surface area contributed by atoms with E-state index in [9.17, 15) is 14.0 Å². The van der Waals surface area contributed by atoms with E-state index in [0.29, 0.717) is 17.1 Å². The Morgan fingerprint density at radius 1 is 1.32 bits per heavy atom. The van der Waals surface area contributed by atoms with Gasteiger partial charge in [0.25, 0.3) is 5.91 Å². The molecule has 0 saturated heterocycles. The third-order valence-corrected chi connectivity index (χ3v) is 4.77. The minimum Gasteiger partial charge on any atom is -0.495 e. The zero-order valence-electron chi connectivity index (χ0n) is 15.2. The lowest BCUT2D eigenvalue weighted by atomic mass is 10.1. The van der Waals surface area contributed by atoms with Gasteiger partial charge in [0.2, 0.25) is 5.91 Å². The van der Waals surface area contributed by atoms with Gasteiger partial charge in [-0.25, -0.2) is 4.39 Å². The van der Waals surface area contributed by atoms with Crippen LogP contribution >= 0.6 is 15.9 Å². The molecule has 0 radical (unpaired) electrons. The number of methoxy groups -OCH3 is 1. The summed E-state index contributed by atoms with van der Waals surface area (Å²) in [5.41, 5.74) is 7.37. The summed E-state index contributed by atoms with van der Waals surface area (Å²) in [6.45, 7) is 1.83. The summed E-state index contributed by atoms with van der Waals surface area (Å²) >= 11 is 3.38. The molecule has 1 aliphatic heterocycles. The predicted octanol–water partition coefficient (Wildman–Crippen LogP) is 2.96. The van der Waals surface area contributed by atoms with Crippen molar-refractivity contribution >= 4 is 44.8 Å². The fourth-order valence-electron chi connectivity index (χ4n) is 2.92. The second-order valence-electron chi connectivity index (χ2n) is 6.24. The lowest BCUT2D eigenvalue weighted by molar-refractivity contribution is -0.119. The van der Waals surface area contributed by atoms with E-state index in [0.717, 1.165) is 10.0 Å². The first-order valence-electron chi connectivity index (χ1n) is 8.37. The maximum atomic E-state index is 13.2. The first kappa shape index (κ1) is 19.8. The molecular weight excluding hydrogens is 431 g/mol. The van der Waals surface area contributed by atoms with Crippen LogP contribution in [-0.2, 0) is 9.59 Å². The Labute approximate surface area is 169 Å². The number of hydrogen-bond donors (Lipinski definition) is 2. The standard InChI is InChI=1S/C19H18BrFN4O3/c1-10-7-11(20)8-16(28-2)17(10)23-19(27)14-9-15(18(22)26)25(24-14)13-5-3-12(21)4-6-13/h3-8,15H,9H2,1-2H3,(H2,22,26)(H,23,27). The second kappa shape index (κ2) is 7.97. The van der Waals surface area contributed by atoms with Crippen molar-refractivity contribution in [3.8, 4) is 5.75 Å². The number of aryl methyl sites for hydroxylation is 1. The number of nitrogens with one attached hydrogen (secondary N) is 1. The number of anilines is 2. The average Bonchev–Trinajstić information content (AvgIpc) is 3.10. The van der Waals surface area contributed by atoms with Gasteiger partial charge in [-0.2, -0.15) is 5.10 Å². The highest BCUT2D eigenvalue weighted by Crippen LogP contribution is 2.33. The molecule has 28 heavy (non-hydrogen) atoms. The molecule has 0 aliphatic carbocycles. The van der Waals surface area contributed by atoms with E-state index < -0.39 is 23.7 Å². The molecule has 1 unspecified atom stereocenters. The molecule has 2 aromatic carbocycles. The van der Waals surface area contributed by atoms with Crippen molar-refractivity contribution in [1.29, 1.82) is 0 Å². The van der Waals surface area contributed by atoms with Crippen LogP contribution in [0.4, 0.5) is 15.8 Å². The summed E-state index contributed by atoms with van der Waals surface area (Å²) in [6.07, 6.45) is 0.0381. The van der Waals surface area contributed by atoms with Gasteiger partial charge in [0.15, 0.2) is 0 Å². The molecule has 2 amide bonds. The van der Waals surface area contributed by atoms with E-state index in [-0.39, 0.29) is 12.1 Å². The van der Waals surface area contributed by atoms with E-state index in [1.165, 1.54) is 36.4 Å². The van der Waals surface area contributed by atoms with Gasteiger partial charge in [-0.1, -0.05) is 15.9 Å². The molecule has 1 atom stereocenters. The Bertz CT molecular complexity index is 962. The van der Waals surface area contributed by atoms with E-state index in [1.54, 1.807) is 6.07 Å². The van der Waals surface area contributed by atoms with E-state index >= 15 is 0 Å². The summed E-state index contributed by atoms with van der Waals surface area (Å²) in [6, 6.07) is 8.17. The molecule has 3 rings (SSSR count). The zero-order valence-corrected chi connectivity index (χ0v) is 16.8. The summed E-state index contributed by atoms with van der Waals surface area (Å²) in [5, 5.41) is 8.37. The first-order chi connectivity index (χ1) is 13.3. The maximum Gasteiger partial charge on any atom is 0.272 e. The summed E-state index contributed by atoms with van der Waals surface area (Å²) in [7, 11) is 1.50. The largest absolute Gasteiger partial charge is 0.495 e. The van der Waals surface area contributed by atoms with Gasteiger partial charge in [-0.15, -0.1) is 0 Å². The van der Waals surface area contributed by atoms with Crippen LogP contribution in [0, 0.1) is 12.7 Å². The molecule has 3 N–H and O–H groups in total. The molecular formula is C19H18BrFN4O3. The third-order valence-electron chi connectivity index (χ3n) is 4.31. The zero-order chi connectivity index (χ0) is 20.4. The maximum absolute atomic E-state index is 13.2. The predicted molar refractivity (Wildman–Crippen MR) is 108 cm³/mol. The van der Waals surface area contributed by atoms with Crippen LogP contribution in [0.15, 0.2) is 46.0 Å². The van der Waals surface area contributed by atoms with Crippen molar-refractivity contribution in [2.75, 3.05) is 17.4 Å². The Morgan fingerprint density at radius 2 is 2.00 bits per heavy atom. The number of hydrazone groups is 1. The lowest BCUT2D eigenvalue weighted by Gasteiger charge is -2.20. The third kappa shape index (κ3) is 3.99. The molecule has 0 bridgehead atoms. The van der Waals surface area contributed by atoms with Crippen LogP contribution in [0.3, 0.4) is 0 Å². The Kier molecular flexibility index (Phi) is 5.64. The van der Waals surface area contributed by atoms with Crippen molar-refractivity contribution in [3.63, 3.8) is 0 Å². The number of carbonyl (C=O) groups is 2. The minimum atomic E-state index is -0.834. The van der Waals surface area contributed by atoms with Gasteiger partial charge < -0.3 is 15.8 Å². The van der Waals surface area contributed by atoms with Crippen LogP contribution in [-0.4, -0.2) is 30.7 Å². The van der Waals surface area contributed by atoms with Crippen molar-refractivity contribution < 1.29 is 18.7 Å². The van der Waals surface area contributed by atoms with Gasteiger partial charge in [0.05, 0.1) is 18.5 Å². The first-order valence-corrected chi connectivity index (χ1v) is 9.16. The van der Waals surface area contributed by atoms with Crippen molar-refractivity contribution in [3.05, 3.63) is 52.3 Å². The summed E-state index contributed by atoms with van der Waals surface area (Å²) in [5.74, 6) is -1.04. The number of primary amides is 1. The van der Waals surface area contributed by atoms with Crippen molar-refractivity contribution in [2.24, 2.45) is 10.8 Å². The molecule has 9 heteroatoms. The molecule has 0 saturated carbocycles.